The van der Waals surface area contributed by atoms with Gasteiger partial charge < -0.3 is 15.5 Å². The zero-order valence-electron chi connectivity index (χ0n) is 15.9. The van der Waals surface area contributed by atoms with Crippen molar-refractivity contribution < 1.29 is 14.4 Å². The molecule has 1 fully saturated rings. The molecule has 2 N–H and O–H groups in total. The van der Waals surface area contributed by atoms with E-state index in [-0.39, 0.29) is 24.3 Å². The second-order valence-electron chi connectivity index (χ2n) is 6.84. The van der Waals surface area contributed by atoms with Crippen LogP contribution in [0.2, 0.25) is 0 Å². The van der Waals surface area contributed by atoms with Crippen molar-refractivity contribution in [1.82, 2.24) is 10.3 Å². The van der Waals surface area contributed by atoms with E-state index >= 15 is 0 Å². The fourth-order valence-corrected chi connectivity index (χ4v) is 4.17. The lowest BCUT2D eigenvalue weighted by molar-refractivity contribution is -0.117. The summed E-state index contributed by atoms with van der Waals surface area (Å²) in [6, 6.07) is 12.4. The molecule has 0 aliphatic carbocycles. The summed E-state index contributed by atoms with van der Waals surface area (Å²) in [5.41, 5.74) is 2.79. The number of aryl methyl sites for hydroxylation is 1. The Hall–Kier alpha value is -3.26. The summed E-state index contributed by atoms with van der Waals surface area (Å²) >= 11 is 1.56. The molecule has 1 aliphatic heterocycles. The first-order valence-electron chi connectivity index (χ1n) is 9.35. The maximum absolute atomic E-state index is 12.3. The molecule has 29 heavy (non-hydrogen) atoms. The van der Waals surface area contributed by atoms with Gasteiger partial charge in [-0.05, 0) is 55.8 Å². The monoisotopic (exact) mass is 408 g/mol. The fraction of sp³-hybridized carbons (Fsp3) is 0.238. The first-order chi connectivity index (χ1) is 14.0. The Kier molecular flexibility index (Phi) is 5.26. The minimum absolute atomic E-state index is 0.102. The molecule has 1 saturated heterocycles. The highest BCUT2D eigenvalue weighted by molar-refractivity contribution is 7.18. The van der Waals surface area contributed by atoms with Crippen LogP contribution in [0.5, 0.6) is 0 Å². The molecule has 8 heteroatoms. The van der Waals surface area contributed by atoms with E-state index in [1.165, 1.54) is 0 Å². The normalized spacial score (nSPS) is 13.7. The van der Waals surface area contributed by atoms with E-state index in [0.29, 0.717) is 24.2 Å². The number of nitrogens with one attached hydrogen (secondary N) is 2. The number of carbonyl (C=O) groups excluding carboxylic acids is 3. The zero-order chi connectivity index (χ0) is 20.4. The Morgan fingerprint density at radius 1 is 1.17 bits per heavy atom. The highest BCUT2D eigenvalue weighted by Crippen LogP contribution is 2.25. The molecule has 3 aromatic rings. The lowest BCUT2D eigenvalue weighted by atomic mass is 10.2. The number of rotatable bonds is 5. The number of benzene rings is 2. The fourth-order valence-electron chi connectivity index (χ4n) is 3.30. The van der Waals surface area contributed by atoms with Gasteiger partial charge in [0.1, 0.15) is 0 Å². The van der Waals surface area contributed by atoms with E-state index in [0.717, 1.165) is 27.3 Å². The average Bonchev–Trinajstić information content (AvgIpc) is 3.30. The molecule has 2 aromatic carbocycles. The summed E-state index contributed by atoms with van der Waals surface area (Å²) in [5, 5.41) is 6.37. The van der Waals surface area contributed by atoms with Crippen LogP contribution in [0.25, 0.3) is 10.2 Å². The number of thiazole rings is 1. The highest BCUT2D eigenvalue weighted by atomic mass is 32.1. The summed E-state index contributed by atoms with van der Waals surface area (Å²) in [5.74, 6) is -0.545. The van der Waals surface area contributed by atoms with E-state index in [9.17, 15) is 14.4 Å². The lowest BCUT2D eigenvalue weighted by Crippen LogP contribution is -2.32. The third-order valence-corrected chi connectivity index (χ3v) is 5.64. The Balaban J connectivity index is 1.32. The summed E-state index contributed by atoms with van der Waals surface area (Å²) < 4.78 is 1.00. The molecule has 148 valence electrons. The van der Waals surface area contributed by atoms with Crippen LogP contribution in [0.3, 0.4) is 0 Å². The summed E-state index contributed by atoms with van der Waals surface area (Å²) in [6.45, 7) is 2.51. The van der Waals surface area contributed by atoms with Crippen LogP contribution < -0.4 is 15.5 Å². The molecular weight excluding hydrogens is 388 g/mol. The topological polar surface area (TPSA) is 91.4 Å². The number of carbonyl (C=O) groups is 3. The molecule has 0 saturated carbocycles. The smallest absolute Gasteiger partial charge is 0.251 e. The van der Waals surface area contributed by atoms with Gasteiger partial charge in [0, 0.05) is 29.9 Å². The Labute approximate surface area is 171 Å². The Morgan fingerprint density at radius 2 is 1.97 bits per heavy atom. The van der Waals surface area contributed by atoms with Crippen molar-refractivity contribution in [3.63, 3.8) is 0 Å². The molecular formula is C21H20N4O3S. The third kappa shape index (κ3) is 4.27. The van der Waals surface area contributed by atoms with Crippen molar-refractivity contribution in [3.8, 4) is 0 Å². The number of aromatic nitrogens is 1. The van der Waals surface area contributed by atoms with Crippen LogP contribution in [-0.4, -0.2) is 35.8 Å². The van der Waals surface area contributed by atoms with Gasteiger partial charge in [-0.25, -0.2) is 4.98 Å². The van der Waals surface area contributed by atoms with Crippen molar-refractivity contribution in [2.45, 2.75) is 19.8 Å². The van der Waals surface area contributed by atoms with Crippen LogP contribution in [0.1, 0.15) is 28.2 Å². The number of fused-ring (bicyclic) bond motifs is 1. The molecule has 0 unspecified atom stereocenters. The van der Waals surface area contributed by atoms with E-state index < -0.39 is 0 Å². The maximum Gasteiger partial charge on any atom is 0.251 e. The van der Waals surface area contributed by atoms with E-state index in [2.05, 4.69) is 15.6 Å². The molecule has 1 aliphatic rings. The van der Waals surface area contributed by atoms with Gasteiger partial charge in [-0.3, -0.25) is 14.4 Å². The van der Waals surface area contributed by atoms with E-state index in [4.69, 9.17) is 0 Å². The van der Waals surface area contributed by atoms with Crippen LogP contribution in [0.4, 0.5) is 11.4 Å². The first kappa shape index (κ1) is 19.1. The predicted molar refractivity (Wildman–Crippen MR) is 113 cm³/mol. The number of amides is 3. The van der Waals surface area contributed by atoms with Crippen molar-refractivity contribution in [1.29, 1.82) is 0 Å². The number of anilines is 2. The molecule has 1 aromatic heterocycles. The molecule has 4 rings (SSSR count). The predicted octanol–water partition coefficient (Wildman–Crippen LogP) is 3.10. The zero-order valence-corrected chi connectivity index (χ0v) is 16.7. The van der Waals surface area contributed by atoms with Crippen molar-refractivity contribution in [2.75, 3.05) is 23.3 Å². The number of hydrogen-bond acceptors (Lipinski definition) is 5. The highest BCUT2D eigenvalue weighted by Gasteiger charge is 2.21. The minimum atomic E-state index is -0.340. The molecule has 3 amide bonds. The van der Waals surface area contributed by atoms with Crippen LogP contribution in [-0.2, 0) is 9.59 Å². The van der Waals surface area contributed by atoms with Gasteiger partial charge >= 0.3 is 0 Å². The first-order valence-corrected chi connectivity index (χ1v) is 10.2. The second kappa shape index (κ2) is 8.00. The SMILES string of the molecule is Cc1nc2ccc(NC(=O)CNC(=O)c3ccc(N4CCCC4=O)cc3)cc2s1. The molecule has 0 atom stereocenters. The summed E-state index contributed by atoms with van der Waals surface area (Å²) in [6.07, 6.45) is 1.42. The van der Waals surface area contributed by atoms with Crippen LogP contribution >= 0.6 is 11.3 Å². The van der Waals surface area contributed by atoms with Gasteiger partial charge in [0.05, 0.1) is 21.8 Å². The van der Waals surface area contributed by atoms with Crippen LogP contribution in [0, 0.1) is 6.92 Å². The number of nitrogens with zero attached hydrogens (tertiary/aromatic N) is 2. The maximum atomic E-state index is 12.3. The van der Waals surface area contributed by atoms with Gasteiger partial charge in [-0.1, -0.05) is 0 Å². The largest absolute Gasteiger partial charge is 0.343 e. The standard InChI is InChI=1S/C21H20N4O3S/c1-13-23-17-9-6-15(11-18(17)29-13)24-19(26)12-22-21(28)14-4-7-16(8-5-14)25-10-2-3-20(25)27/h4-9,11H,2-3,10,12H2,1H3,(H,22,28)(H,24,26). The molecule has 7 nitrogen and oxygen atoms in total. The van der Waals surface area contributed by atoms with Crippen molar-refractivity contribution >= 4 is 50.6 Å². The van der Waals surface area contributed by atoms with E-state index in [1.807, 2.05) is 19.1 Å². The molecule has 0 bridgehead atoms. The quantitative estimate of drug-likeness (QED) is 0.679. The van der Waals surface area contributed by atoms with Gasteiger partial charge in [0.2, 0.25) is 11.8 Å². The van der Waals surface area contributed by atoms with Gasteiger partial charge in [-0.15, -0.1) is 11.3 Å². The summed E-state index contributed by atoms with van der Waals surface area (Å²) in [7, 11) is 0. The van der Waals surface area contributed by atoms with Crippen molar-refractivity contribution in [2.24, 2.45) is 0 Å². The van der Waals surface area contributed by atoms with Crippen LogP contribution in [0.15, 0.2) is 42.5 Å². The lowest BCUT2D eigenvalue weighted by Gasteiger charge is -2.15. The Bertz CT molecular complexity index is 1090. The van der Waals surface area contributed by atoms with Gasteiger partial charge in [0.15, 0.2) is 0 Å². The Morgan fingerprint density at radius 3 is 2.69 bits per heavy atom. The molecule has 0 spiro atoms. The molecule has 2 heterocycles. The second-order valence-corrected chi connectivity index (χ2v) is 8.08. The van der Waals surface area contributed by atoms with Crippen molar-refractivity contribution in [3.05, 3.63) is 53.0 Å². The van der Waals surface area contributed by atoms with E-state index in [1.54, 1.807) is 46.6 Å². The average molecular weight is 408 g/mol. The molecule has 0 radical (unpaired) electrons. The minimum Gasteiger partial charge on any atom is -0.343 e. The number of hydrogen-bond donors (Lipinski definition) is 2. The van der Waals surface area contributed by atoms with Gasteiger partial charge in [0.25, 0.3) is 5.91 Å². The summed E-state index contributed by atoms with van der Waals surface area (Å²) in [4.78, 5) is 42.4. The third-order valence-electron chi connectivity index (χ3n) is 4.70. The van der Waals surface area contributed by atoms with Gasteiger partial charge in [-0.2, -0.15) is 0 Å².